The van der Waals surface area contributed by atoms with E-state index in [9.17, 15) is 14.0 Å². The molecule has 0 aliphatic carbocycles. The van der Waals surface area contributed by atoms with Gasteiger partial charge in [-0.05, 0) is 43.7 Å². The van der Waals surface area contributed by atoms with Gasteiger partial charge in [0.05, 0.1) is 6.04 Å². The third kappa shape index (κ3) is 4.24. The van der Waals surface area contributed by atoms with Gasteiger partial charge >= 0.3 is 0 Å². The number of halogens is 1. The summed E-state index contributed by atoms with van der Waals surface area (Å²) in [5, 5.41) is 2.94. The molecule has 1 fully saturated rings. The number of benzene rings is 2. The fraction of sp³-hybridized carbons (Fsp3) is 0.300. The van der Waals surface area contributed by atoms with Crippen LogP contribution in [0.5, 0.6) is 0 Å². The highest BCUT2D eigenvalue weighted by Crippen LogP contribution is 2.17. The van der Waals surface area contributed by atoms with Crippen molar-refractivity contribution in [2.24, 2.45) is 0 Å². The zero-order valence-electron chi connectivity index (χ0n) is 14.4. The van der Waals surface area contributed by atoms with Crippen molar-refractivity contribution in [3.63, 3.8) is 0 Å². The smallest absolute Gasteiger partial charge is 0.251 e. The lowest BCUT2D eigenvalue weighted by atomic mass is 10.1. The van der Waals surface area contributed by atoms with Crippen LogP contribution in [0.1, 0.15) is 33.5 Å². The molecule has 1 aliphatic rings. The number of rotatable bonds is 4. The van der Waals surface area contributed by atoms with E-state index in [0.29, 0.717) is 18.7 Å². The van der Waals surface area contributed by atoms with Crippen molar-refractivity contribution in [1.29, 1.82) is 0 Å². The average Bonchev–Trinajstić information content (AvgIpc) is 2.88. The molecule has 0 spiro atoms. The molecule has 0 aromatic heterocycles. The molecule has 2 aromatic carbocycles. The Balaban J connectivity index is 1.62. The van der Waals surface area contributed by atoms with Crippen molar-refractivity contribution in [3.8, 4) is 0 Å². The molecule has 0 bridgehead atoms. The molecule has 1 aliphatic heterocycles. The summed E-state index contributed by atoms with van der Waals surface area (Å²) >= 11 is 0. The predicted molar refractivity (Wildman–Crippen MR) is 93.6 cm³/mol. The van der Waals surface area contributed by atoms with Crippen molar-refractivity contribution < 1.29 is 14.0 Å². The van der Waals surface area contributed by atoms with Crippen LogP contribution in [0.15, 0.2) is 42.5 Å². The van der Waals surface area contributed by atoms with Crippen LogP contribution in [0.3, 0.4) is 0 Å². The van der Waals surface area contributed by atoms with Gasteiger partial charge in [-0.15, -0.1) is 0 Å². The van der Waals surface area contributed by atoms with Gasteiger partial charge < -0.3 is 10.2 Å². The first kappa shape index (κ1) is 17.1. The molecule has 1 atom stereocenters. The van der Waals surface area contributed by atoms with E-state index < -0.39 is 0 Å². The first-order valence-corrected chi connectivity index (χ1v) is 8.32. The lowest BCUT2D eigenvalue weighted by Gasteiger charge is -2.17. The number of carbonyl (C=O) groups excluding carboxylic acids is 2. The molecule has 2 amide bonds. The van der Waals surface area contributed by atoms with E-state index in [0.717, 1.165) is 16.7 Å². The van der Waals surface area contributed by atoms with Gasteiger partial charge in [0.1, 0.15) is 5.82 Å². The van der Waals surface area contributed by atoms with Gasteiger partial charge in [-0.25, -0.2) is 4.39 Å². The van der Waals surface area contributed by atoms with Crippen molar-refractivity contribution in [1.82, 2.24) is 10.2 Å². The van der Waals surface area contributed by atoms with Crippen molar-refractivity contribution in [3.05, 3.63) is 70.5 Å². The summed E-state index contributed by atoms with van der Waals surface area (Å²) in [5.41, 5.74) is 3.55. The van der Waals surface area contributed by atoms with Crippen molar-refractivity contribution in [2.45, 2.75) is 32.9 Å². The van der Waals surface area contributed by atoms with Crippen LogP contribution in [0.4, 0.5) is 4.39 Å². The van der Waals surface area contributed by atoms with E-state index in [4.69, 9.17) is 0 Å². The Morgan fingerprint density at radius 3 is 2.44 bits per heavy atom. The van der Waals surface area contributed by atoms with E-state index in [1.807, 2.05) is 32.0 Å². The SMILES string of the molecule is Cc1cc(C)cc(C(=O)N[C@@H]2CC(=O)N(Cc3ccc(F)cc3)C2)c1. The summed E-state index contributed by atoms with van der Waals surface area (Å²) in [6.45, 7) is 4.79. The third-order valence-electron chi connectivity index (χ3n) is 4.32. The van der Waals surface area contributed by atoms with Crippen LogP contribution in [0, 0.1) is 19.7 Å². The minimum atomic E-state index is -0.296. The van der Waals surface area contributed by atoms with Crippen LogP contribution < -0.4 is 5.32 Å². The van der Waals surface area contributed by atoms with Gasteiger partial charge in [-0.2, -0.15) is 0 Å². The molecular weight excluding hydrogens is 319 g/mol. The second kappa shape index (κ2) is 7.05. The Morgan fingerprint density at radius 1 is 1.16 bits per heavy atom. The first-order valence-electron chi connectivity index (χ1n) is 8.32. The number of nitrogens with one attached hydrogen (secondary N) is 1. The van der Waals surface area contributed by atoms with E-state index in [1.54, 1.807) is 17.0 Å². The zero-order valence-corrected chi connectivity index (χ0v) is 14.4. The Bertz CT molecular complexity index is 782. The fourth-order valence-corrected chi connectivity index (χ4v) is 3.21. The molecule has 0 saturated carbocycles. The Morgan fingerprint density at radius 2 is 1.80 bits per heavy atom. The molecule has 0 unspecified atom stereocenters. The van der Waals surface area contributed by atoms with E-state index in [-0.39, 0.29) is 30.1 Å². The molecule has 5 heteroatoms. The number of carbonyl (C=O) groups is 2. The lowest BCUT2D eigenvalue weighted by Crippen LogP contribution is -2.37. The van der Waals surface area contributed by atoms with Gasteiger partial charge in [0, 0.05) is 25.1 Å². The molecular formula is C20H21FN2O2. The summed E-state index contributed by atoms with van der Waals surface area (Å²) in [7, 11) is 0. The van der Waals surface area contributed by atoms with Gasteiger partial charge in [-0.3, -0.25) is 9.59 Å². The maximum absolute atomic E-state index is 13.0. The maximum Gasteiger partial charge on any atom is 0.251 e. The van der Waals surface area contributed by atoms with Crippen molar-refractivity contribution in [2.75, 3.05) is 6.54 Å². The topological polar surface area (TPSA) is 49.4 Å². The first-order chi connectivity index (χ1) is 11.9. The van der Waals surface area contributed by atoms with Crippen LogP contribution >= 0.6 is 0 Å². The van der Waals surface area contributed by atoms with Gasteiger partial charge in [0.25, 0.3) is 5.91 Å². The van der Waals surface area contributed by atoms with E-state index in [2.05, 4.69) is 5.32 Å². The standard InChI is InChI=1S/C20H21FN2O2/c1-13-7-14(2)9-16(8-13)20(25)22-18-10-19(24)23(12-18)11-15-3-5-17(21)6-4-15/h3-9,18H,10-12H2,1-2H3,(H,22,25)/t18-/m1/s1. The molecule has 2 aromatic rings. The molecule has 1 heterocycles. The van der Waals surface area contributed by atoms with Crippen LogP contribution in [0.25, 0.3) is 0 Å². The molecule has 3 rings (SSSR count). The second-order valence-corrected chi connectivity index (χ2v) is 6.65. The Labute approximate surface area is 146 Å². The molecule has 1 N–H and O–H groups in total. The number of hydrogen-bond acceptors (Lipinski definition) is 2. The largest absolute Gasteiger partial charge is 0.347 e. The number of amides is 2. The summed E-state index contributed by atoms with van der Waals surface area (Å²) in [6, 6.07) is 11.6. The minimum absolute atomic E-state index is 0.00459. The number of nitrogens with zero attached hydrogens (tertiary/aromatic N) is 1. The van der Waals surface area contributed by atoms with Crippen LogP contribution in [-0.4, -0.2) is 29.3 Å². The number of likely N-dealkylation sites (tertiary alicyclic amines) is 1. The normalized spacial score (nSPS) is 17.0. The molecule has 0 radical (unpaired) electrons. The second-order valence-electron chi connectivity index (χ2n) is 6.65. The van der Waals surface area contributed by atoms with E-state index >= 15 is 0 Å². The minimum Gasteiger partial charge on any atom is -0.347 e. The van der Waals surface area contributed by atoms with Gasteiger partial charge in [0.15, 0.2) is 0 Å². The highest BCUT2D eigenvalue weighted by atomic mass is 19.1. The zero-order chi connectivity index (χ0) is 18.0. The van der Waals surface area contributed by atoms with Crippen LogP contribution in [-0.2, 0) is 11.3 Å². The summed E-state index contributed by atoms with van der Waals surface area (Å²) in [6.07, 6.45) is 0.289. The summed E-state index contributed by atoms with van der Waals surface area (Å²) < 4.78 is 13.0. The molecule has 130 valence electrons. The van der Waals surface area contributed by atoms with Gasteiger partial charge in [0.2, 0.25) is 5.91 Å². The maximum atomic E-state index is 13.0. The number of aryl methyl sites for hydroxylation is 2. The Hall–Kier alpha value is -2.69. The highest BCUT2D eigenvalue weighted by molar-refractivity contribution is 5.95. The van der Waals surface area contributed by atoms with Crippen LogP contribution in [0.2, 0.25) is 0 Å². The van der Waals surface area contributed by atoms with Crippen molar-refractivity contribution >= 4 is 11.8 Å². The fourth-order valence-electron chi connectivity index (χ4n) is 3.21. The predicted octanol–water partition coefficient (Wildman–Crippen LogP) is 2.97. The highest BCUT2D eigenvalue weighted by Gasteiger charge is 2.30. The Kier molecular flexibility index (Phi) is 4.83. The summed E-state index contributed by atoms with van der Waals surface area (Å²) in [4.78, 5) is 26.3. The third-order valence-corrected chi connectivity index (χ3v) is 4.32. The molecule has 4 nitrogen and oxygen atoms in total. The quantitative estimate of drug-likeness (QED) is 0.930. The van der Waals surface area contributed by atoms with Gasteiger partial charge in [-0.1, -0.05) is 29.3 Å². The van der Waals surface area contributed by atoms with E-state index in [1.165, 1.54) is 12.1 Å². The monoisotopic (exact) mass is 340 g/mol. The molecule has 1 saturated heterocycles. The lowest BCUT2D eigenvalue weighted by molar-refractivity contribution is -0.128. The number of hydrogen-bond donors (Lipinski definition) is 1. The summed E-state index contributed by atoms with van der Waals surface area (Å²) in [5.74, 6) is -0.460. The molecule has 25 heavy (non-hydrogen) atoms. The average molecular weight is 340 g/mol.